The summed E-state index contributed by atoms with van der Waals surface area (Å²) in [5.41, 5.74) is 1.48. The Morgan fingerprint density at radius 3 is 1.85 bits per heavy atom. The average molecular weight is 696 g/mol. The number of rotatable bonds is 4. The summed E-state index contributed by atoms with van der Waals surface area (Å²) in [5.74, 6) is -0.129. The highest BCUT2D eigenvalue weighted by Gasteiger charge is 2.19. The Hall–Kier alpha value is -1.21. The minimum atomic E-state index is -0.431. The molecule has 0 spiro atoms. The highest BCUT2D eigenvalue weighted by molar-refractivity contribution is 14.1. The van der Waals surface area contributed by atoms with E-state index in [1.54, 1.807) is 36.4 Å². The molecule has 7 heteroatoms. The maximum absolute atomic E-state index is 12.6. The molecule has 0 unspecified atom stereocenters. The van der Waals surface area contributed by atoms with E-state index in [-0.39, 0.29) is 11.5 Å². The van der Waals surface area contributed by atoms with Gasteiger partial charge in [0.1, 0.15) is 11.5 Å². The summed E-state index contributed by atoms with van der Waals surface area (Å²) in [4.78, 5) is 25.0. The maximum Gasteiger partial charge on any atom is 0.345 e. The van der Waals surface area contributed by atoms with Gasteiger partial charge in [0.2, 0.25) is 0 Å². The summed E-state index contributed by atoms with van der Waals surface area (Å²) >= 11 is 6.43. The van der Waals surface area contributed by atoms with Crippen LogP contribution in [0.4, 0.5) is 0 Å². The molecule has 1 N–H and O–H groups in total. The fourth-order valence-electron chi connectivity index (χ4n) is 2.33. The van der Waals surface area contributed by atoms with E-state index in [1.165, 1.54) is 12.1 Å². The number of benzene rings is 3. The van der Waals surface area contributed by atoms with Crippen LogP contribution in [-0.4, -0.2) is 16.9 Å². The van der Waals surface area contributed by atoms with E-state index in [9.17, 15) is 14.7 Å². The highest BCUT2D eigenvalue weighted by Crippen LogP contribution is 2.26. The van der Waals surface area contributed by atoms with Crippen LogP contribution in [-0.2, 0) is 0 Å². The molecule has 27 heavy (non-hydrogen) atoms. The van der Waals surface area contributed by atoms with Crippen LogP contribution in [0, 0.1) is 10.7 Å². The van der Waals surface area contributed by atoms with Gasteiger partial charge in [0.15, 0.2) is 5.78 Å². The lowest BCUT2D eigenvalue weighted by Crippen LogP contribution is -2.13. The minimum Gasteiger partial charge on any atom is -0.508 e. The number of esters is 1. The molecule has 0 amide bonds. The SMILES string of the molecule is O=C(c1ccc(O)cc1)c1ccc(OC(=O)c2c(I)ccc(I)c2I)cc1. The Labute approximate surface area is 196 Å². The van der Waals surface area contributed by atoms with Crippen molar-refractivity contribution in [3.05, 3.63) is 88.1 Å². The van der Waals surface area contributed by atoms with E-state index in [1.807, 2.05) is 12.1 Å². The second kappa shape index (κ2) is 8.86. The van der Waals surface area contributed by atoms with Crippen molar-refractivity contribution in [2.45, 2.75) is 0 Å². The third kappa shape index (κ3) is 4.80. The normalized spacial score (nSPS) is 10.5. The number of hydrogen-bond acceptors (Lipinski definition) is 4. The van der Waals surface area contributed by atoms with Gasteiger partial charge in [0.25, 0.3) is 0 Å². The van der Waals surface area contributed by atoms with Crippen LogP contribution in [0.25, 0.3) is 0 Å². The third-order valence-electron chi connectivity index (χ3n) is 3.70. The van der Waals surface area contributed by atoms with Crippen molar-refractivity contribution in [2.75, 3.05) is 0 Å². The molecule has 4 nitrogen and oxygen atoms in total. The lowest BCUT2D eigenvalue weighted by atomic mass is 10.0. The van der Waals surface area contributed by atoms with Crippen molar-refractivity contribution >= 4 is 79.5 Å². The molecule has 0 aliphatic heterocycles. The molecule has 3 aromatic carbocycles. The zero-order chi connectivity index (χ0) is 19.6. The molecule has 0 heterocycles. The van der Waals surface area contributed by atoms with Gasteiger partial charge in [-0.15, -0.1) is 0 Å². The number of halogens is 3. The summed E-state index contributed by atoms with van der Waals surface area (Å²) in [6, 6.07) is 16.3. The lowest BCUT2D eigenvalue weighted by molar-refractivity contribution is 0.0732. The van der Waals surface area contributed by atoms with Crippen LogP contribution in [0.5, 0.6) is 11.5 Å². The predicted octanol–water partition coefficient (Wildman–Crippen LogP) is 5.66. The predicted molar refractivity (Wildman–Crippen MR) is 128 cm³/mol. The van der Waals surface area contributed by atoms with Crippen molar-refractivity contribution < 1.29 is 19.4 Å². The Balaban J connectivity index is 1.78. The van der Waals surface area contributed by atoms with Crippen molar-refractivity contribution in [1.29, 1.82) is 0 Å². The van der Waals surface area contributed by atoms with E-state index in [4.69, 9.17) is 4.74 Å². The molecule has 0 saturated carbocycles. The van der Waals surface area contributed by atoms with Gasteiger partial charge in [-0.3, -0.25) is 4.79 Å². The first kappa shape index (κ1) is 20.5. The summed E-state index contributed by atoms with van der Waals surface area (Å²) in [6.07, 6.45) is 0. The van der Waals surface area contributed by atoms with Gasteiger partial charge in [-0.1, -0.05) is 0 Å². The van der Waals surface area contributed by atoms with Crippen molar-refractivity contribution in [1.82, 2.24) is 0 Å². The quantitative estimate of drug-likeness (QED) is 0.126. The van der Waals surface area contributed by atoms with E-state index in [0.717, 1.165) is 10.7 Å². The first-order valence-corrected chi connectivity index (χ1v) is 10.9. The topological polar surface area (TPSA) is 63.6 Å². The van der Waals surface area contributed by atoms with Gasteiger partial charge >= 0.3 is 5.97 Å². The second-order valence-electron chi connectivity index (χ2n) is 5.51. The Morgan fingerprint density at radius 1 is 0.741 bits per heavy atom. The Kier molecular flexibility index (Phi) is 6.74. The van der Waals surface area contributed by atoms with Crippen LogP contribution >= 0.6 is 67.8 Å². The number of phenols is 1. The fraction of sp³-hybridized carbons (Fsp3) is 0. The van der Waals surface area contributed by atoms with Gasteiger partial charge in [0, 0.05) is 21.8 Å². The molecule has 136 valence electrons. The molecular formula is C20H11I3O4. The molecule has 3 aromatic rings. The smallest absolute Gasteiger partial charge is 0.345 e. The molecule has 3 rings (SSSR count). The molecule has 0 atom stereocenters. The minimum absolute atomic E-state index is 0.105. The van der Waals surface area contributed by atoms with Crippen LogP contribution in [0.15, 0.2) is 60.7 Å². The van der Waals surface area contributed by atoms with Crippen LogP contribution < -0.4 is 4.74 Å². The van der Waals surface area contributed by atoms with Crippen molar-refractivity contribution in [2.24, 2.45) is 0 Å². The van der Waals surface area contributed by atoms with Gasteiger partial charge in [-0.2, -0.15) is 0 Å². The highest BCUT2D eigenvalue weighted by atomic mass is 127. The maximum atomic E-state index is 12.6. The largest absolute Gasteiger partial charge is 0.508 e. The zero-order valence-corrected chi connectivity index (χ0v) is 20.1. The number of aromatic hydroxyl groups is 1. The van der Waals surface area contributed by atoms with Gasteiger partial charge in [-0.05, 0) is 128 Å². The molecule has 0 aromatic heterocycles. The molecule has 0 aliphatic carbocycles. The standard InChI is InChI=1S/C20H11I3O4/c21-15-9-10-16(22)18(23)17(15)20(26)27-14-7-3-12(4-8-14)19(25)11-1-5-13(24)6-2-11/h1-10,24H. The van der Waals surface area contributed by atoms with E-state index < -0.39 is 5.97 Å². The summed E-state index contributed by atoms with van der Waals surface area (Å²) in [7, 11) is 0. The Morgan fingerprint density at radius 2 is 1.26 bits per heavy atom. The molecule has 0 radical (unpaired) electrons. The zero-order valence-electron chi connectivity index (χ0n) is 13.6. The van der Waals surface area contributed by atoms with E-state index in [2.05, 4.69) is 67.8 Å². The molecule has 0 saturated heterocycles. The van der Waals surface area contributed by atoms with E-state index in [0.29, 0.717) is 22.4 Å². The van der Waals surface area contributed by atoms with Crippen LogP contribution in [0.2, 0.25) is 0 Å². The fourth-order valence-corrected chi connectivity index (χ4v) is 4.65. The summed E-state index contributed by atoms with van der Waals surface area (Å²) in [6.45, 7) is 0. The molecule has 0 aliphatic rings. The molecule has 0 fully saturated rings. The first-order chi connectivity index (χ1) is 12.9. The number of hydrogen-bond donors (Lipinski definition) is 1. The summed E-state index contributed by atoms with van der Waals surface area (Å²) < 4.78 is 8.13. The van der Waals surface area contributed by atoms with Crippen LogP contribution in [0.1, 0.15) is 26.3 Å². The number of ketones is 1. The first-order valence-electron chi connectivity index (χ1n) is 7.66. The van der Waals surface area contributed by atoms with Crippen molar-refractivity contribution in [3.63, 3.8) is 0 Å². The average Bonchev–Trinajstić information content (AvgIpc) is 2.66. The van der Waals surface area contributed by atoms with Gasteiger partial charge in [0.05, 0.1) is 5.56 Å². The number of carbonyl (C=O) groups is 2. The van der Waals surface area contributed by atoms with E-state index >= 15 is 0 Å². The Bertz CT molecular complexity index is 1010. The van der Waals surface area contributed by atoms with Crippen molar-refractivity contribution in [3.8, 4) is 11.5 Å². The summed E-state index contributed by atoms with van der Waals surface area (Å²) in [5, 5.41) is 9.32. The molecule has 0 bridgehead atoms. The second-order valence-corrected chi connectivity index (χ2v) is 8.91. The van der Waals surface area contributed by atoms with Crippen LogP contribution in [0.3, 0.4) is 0 Å². The molecular weight excluding hydrogens is 685 g/mol. The number of carbonyl (C=O) groups excluding carboxylic acids is 2. The van der Waals surface area contributed by atoms with Gasteiger partial charge < -0.3 is 9.84 Å². The third-order valence-corrected chi connectivity index (χ3v) is 7.66. The monoisotopic (exact) mass is 696 g/mol. The van der Waals surface area contributed by atoms with Gasteiger partial charge in [-0.25, -0.2) is 4.79 Å². The number of ether oxygens (including phenoxy) is 1. The lowest BCUT2D eigenvalue weighted by Gasteiger charge is -2.10. The number of phenolic OH excluding ortho intramolecular Hbond substituents is 1.